The zero-order valence-electron chi connectivity index (χ0n) is 11.1. The molecule has 1 aromatic heterocycles. The molecule has 0 radical (unpaired) electrons. The van der Waals surface area contributed by atoms with E-state index >= 15 is 0 Å². The first-order valence-corrected chi connectivity index (χ1v) is 6.82. The molecule has 2 aromatic rings. The van der Waals surface area contributed by atoms with Gasteiger partial charge in [0.25, 0.3) is 0 Å². The molecule has 0 aliphatic carbocycles. The van der Waals surface area contributed by atoms with Gasteiger partial charge in [-0.2, -0.15) is 5.10 Å². The van der Waals surface area contributed by atoms with Crippen molar-refractivity contribution in [1.82, 2.24) is 9.78 Å². The molecule has 4 heteroatoms. The SMILES string of the molecule is CCCn1nccc1C(F)c1cccc2c1NCC2. The molecule has 0 saturated heterocycles. The Morgan fingerprint density at radius 3 is 3.16 bits per heavy atom. The summed E-state index contributed by atoms with van der Waals surface area (Å²) < 4.78 is 16.6. The van der Waals surface area contributed by atoms with E-state index in [-0.39, 0.29) is 0 Å². The minimum atomic E-state index is -1.12. The molecule has 1 aliphatic heterocycles. The van der Waals surface area contributed by atoms with E-state index in [4.69, 9.17) is 0 Å². The lowest BCUT2D eigenvalue weighted by molar-refractivity contribution is 0.371. The van der Waals surface area contributed by atoms with Crippen LogP contribution in [0, 0.1) is 0 Å². The molecule has 0 fully saturated rings. The van der Waals surface area contributed by atoms with E-state index in [0.717, 1.165) is 37.2 Å². The molecule has 1 atom stereocenters. The summed E-state index contributed by atoms with van der Waals surface area (Å²) in [5.41, 5.74) is 3.55. The third kappa shape index (κ3) is 2.11. The summed E-state index contributed by atoms with van der Waals surface area (Å²) in [5, 5.41) is 7.50. The number of aryl methyl sites for hydroxylation is 1. The molecule has 1 N–H and O–H groups in total. The fourth-order valence-electron chi connectivity index (χ4n) is 2.69. The second kappa shape index (κ2) is 5.03. The predicted octanol–water partition coefficient (Wildman–Crippen LogP) is 3.32. The summed E-state index contributed by atoms with van der Waals surface area (Å²) in [6.45, 7) is 3.72. The lowest BCUT2D eigenvalue weighted by atomic mass is 10.0. The van der Waals surface area contributed by atoms with Crippen LogP contribution >= 0.6 is 0 Å². The maximum absolute atomic E-state index is 14.8. The number of rotatable bonds is 4. The average molecular weight is 259 g/mol. The number of anilines is 1. The molecule has 3 rings (SSSR count). The highest BCUT2D eigenvalue weighted by Crippen LogP contribution is 2.36. The van der Waals surface area contributed by atoms with E-state index in [1.165, 1.54) is 5.56 Å². The number of benzene rings is 1. The molecular formula is C15H18FN3. The Labute approximate surface area is 112 Å². The molecule has 1 unspecified atom stereocenters. The van der Waals surface area contributed by atoms with E-state index in [9.17, 15) is 4.39 Å². The molecule has 0 bridgehead atoms. The zero-order chi connectivity index (χ0) is 13.2. The number of nitrogens with one attached hydrogen (secondary N) is 1. The molecule has 19 heavy (non-hydrogen) atoms. The Morgan fingerprint density at radius 1 is 1.42 bits per heavy atom. The number of aromatic nitrogens is 2. The van der Waals surface area contributed by atoms with Gasteiger partial charge >= 0.3 is 0 Å². The third-order valence-electron chi connectivity index (χ3n) is 3.60. The predicted molar refractivity (Wildman–Crippen MR) is 74.1 cm³/mol. The zero-order valence-corrected chi connectivity index (χ0v) is 11.1. The third-order valence-corrected chi connectivity index (χ3v) is 3.60. The van der Waals surface area contributed by atoms with Crippen molar-refractivity contribution < 1.29 is 4.39 Å². The van der Waals surface area contributed by atoms with Gasteiger partial charge in [-0.1, -0.05) is 25.1 Å². The summed E-state index contributed by atoms with van der Waals surface area (Å²) in [6.07, 6.45) is 2.49. The summed E-state index contributed by atoms with van der Waals surface area (Å²) in [7, 11) is 0. The van der Waals surface area contributed by atoms with Crippen LogP contribution in [0.3, 0.4) is 0 Å². The molecule has 1 aromatic carbocycles. The van der Waals surface area contributed by atoms with Gasteiger partial charge < -0.3 is 5.32 Å². The van der Waals surface area contributed by atoms with E-state index in [0.29, 0.717) is 5.69 Å². The number of hydrogen-bond donors (Lipinski definition) is 1. The first-order valence-electron chi connectivity index (χ1n) is 6.82. The van der Waals surface area contributed by atoms with Crippen LogP contribution in [0.5, 0.6) is 0 Å². The maximum atomic E-state index is 14.8. The smallest absolute Gasteiger partial charge is 0.169 e. The fraction of sp³-hybridized carbons (Fsp3) is 0.400. The van der Waals surface area contributed by atoms with E-state index in [1.54, 1.807) is 16.9 Å². The molecule has 2 heterocycles. The first kappa shape index (κ1) is 12.2. The topological polar surface area (TPSA) is 29.9 Å². The van der Waals surface area contributed by atoms with Gasteiger partial charge in [0.2, 0.25) is 0 Å². The summed E-state index contributed by atoms with van der Waals surface area (Å²) in [5.74, 6) is 0. The monoisotopic (exact) mass is 259 g/mol. The second-order valence-corrected chi connectivity index (χ2v) is 4.90. The highest BCUT2D eigenvalue weighted by atomic mass is 19.1. The van der Waals surface area contributed by atoms with Gasteiger partial charge in [0.05, 0.1) is 5.69 Å². The van der Waals surface area contributed by atoms with Crippen molar-refractivity contribution in [2.45, 2.75) is 32.5 Å². The second-order valence-electron chi connectivity index (χ2n) is 4.90. The standard InChI is InChI=1S/C15H18FN3/c1-2-10-19-13(7-9-18-19)14(16)12-5-3-4-11-6-8-17-15(11)12/h3-5,7,9,14,17H,2,6,8,10H2,1H3. The van der Waals surface area contributed by atoms with Gasteiger partial charge in [-0.3, -0.25) is 4.68 Å². The molecule has 0 saturated carbocycles. The summed E-state index contributed by atoms with van der Waals surface area (Å²) in [4.78, 5) is 0. The van der Waals surface area contributed by atoms with Crippen LogP contribution in [0.1, 0.15) is 36.3 Å². The maximum Gasteiger partial charge on any atom is 0.169 e. The molecule has 0 spiro atoms. The van der Waals surface area contributed by atoms with Crippen molar-refractivity contribution in [2.24, 2.45) is 0 Å². The highest BCUT2D eigenvalue weighted by Gasteiger charge is 2.23. The normalized spacial score (nSPS) is 15.1. The van der Waals surface area contributed by atoms with Crippen LogP contribution in [0.4, 0.5) is 10.1 Å². The quantitative estimate of drug-likeness (QED) is 0.912. The van der Waals surface area contributed by atoms with Gasteiger partial charge in [-0.25, -0.2) is 4.39 Å². The van der Waals surface area contributed by atoms with Crippen molar-refractivity contribution in [3.8, 4) is 0 Å². The van der Waals surface area contributed by atoms with Crippen molar-refractivity contribution in [1.29, 1.82) is 0 Å². The molecule has 100 valence electrons. The highest BCUT2D eigenvalue weighted by molar-refractivity contribution is 5.62. The molecule has 3 nitrogen and oxygen atoms in total. The lowest BCUT2D eigenvalue weighted by Gasteiger charge is -2.15. The molecule has 1 aliphatic rings. The summed E-state index contributed by atoms with van der Waals surface area (Å²) in [6, 6.07) is 7.64. The minimum Gasteiger partial charge on any atom is -0.384 e. The van der Waals surface area contributed by atoms with Gasteiger partial charge in [0, 0.05) is 30.5 Å². The Hall–Kier alpha value is -1.84. The van der Waals surface area contributed by atoms with Crippen molar-refractivity contribution in [3.63, 3.8) is 0 Å². The van der Waals surface area contributed by atoms with Crippen molar-refractivity contribution in [2.75, 3.05) is 11.9 Å². The summed E-state index contributed by atoms with van der Waals surface area (Å²) >= 11 is 0. The van der Waals surface area contributed by atoms with Crippen LogP contribution in [0.2, 0.25) is 0 Å². The average Bonchev–Trinajstić information content (AvgIpc) is 3.06. The first-order chi connectivity index (χ1) is 9.31. The lowest BCUT2D eigenvalue weighted by Crippen LogP contribution is -2.09. The largest absolute Gasteiger partial charge is 0.384 e. The van der Waals surface area contributed by atoms with Gasteiger partial charge in [-0.05, 0) is 24.5 Å². The Kier molecular flexibility index (Phi) is 3.23. The Bertz CT molecular complexity index is 577. The van der Waals surface area contributed by atoms with Crippen molar-refractivity contribution in [3.05, 3.63) is 47.3 Å². The van der Waals surface area contributed by atoms with Crippen LogP contribution in [-0.2, 0) is 13.0 Å². The van der Waals surface area contributed by atoms with Crippen LogP contribution in [0.15, 0.2) is 30.5 Å². The molecule has 0 amide bonds. The van der Waals surface area contributed by atoms with Gasteiger partial charge in [0.15, 0.2) is 6.17 Å². The number of nitrogens with zero attached hydrogens (tertiary/aromatic N) is 2. The molecular weight excluding hydrogens is 241 g/mol. The number of para-hydroxylation sites is 1. The minimum absolute atomic E-state index is 0.643. The fourth-order valence-corrected chi connectivity index (χ4v) is 2.69. The number of halogens is 1. The van der Waals surface area contributed by atoms with Gasteiger partial charge in [0.1, 0.15) is 0 Å². The number of hydrogen-bond acceptors (Lipinski definition) is 2. The van der Waals surface area contributed by atoms with E-state index in [2.05, 4.69) is 23.4 Å². The van der Waals surface area contributed by atoms with Crippen LogP contribution in [-0.4, -0.2) is 16.3 Å². The van der Waals surface area contributed by atoms with E-state index in [1.807, 2.05) is 12.1 Å². The van der Waals surface area contributed by atoms with E-state index < -0.39 is 6.17 Å². The van der Waals surface area contributed by atoms with Crippen LogP contribution < -0.4 is 5.32 Å². The van der Waals surface area contributed by atoms with Crippen LogP contribution in [0.25, 0.3) is 0 Å². The number of alkyl halides is 1. The van der Waals surface area contributed by atoms with Gasteiger partial charge in [-0.15, -0.1) is 0 Å². The Morgan fingerprint density at radius 2 is 2.32 bits per heavy atom. The number of fused-ring (bicyclic) bond motifs is 1. The Balaban J connectivity index is 1.98. The van der Waals surface area contributed by atoms with Crippen molar-refractivity contribution >= 4 is 5.69 Å².